The van der Waals surface area contributed by atoms with Crippen LogP contribution in [0.1, 0.15) is 62.2 Å². The molecule has 1 aliphatic rings. The van der Waals surface area contributed by atoms with Crippen molar-refractivity contribution in [3.63, 3.8) is 0 Å². The Hall–Kier alpha value is -3.79. The molecule has 0 radical (unpaired) electrons. The van der Waals surface area contributed by atoms with E-state index in [2.05, 4.69) is 41.3 Å². The second-order valence-corrected chi connectivity index (χ2v) is 9.98. The van der Waals surface area contributed by atoms with Crippen LogP contribution in [0.15, 0.2) is 41.1 Å². The third-order valence-electron chi connectivity index (χ3n) is 6.20. The van der Waals surface area contributed by atoms with E-state index < -0.39 is 0 Å². The minimum atomic E-state index is -0.368. The number of nitrogens with one attached hydrogen (secondary N) is 4. The lowest BCUT2D eigenvalue weighted by Gasteiger charge is -2.14. The van der Waals surface area contributed by atoms with Crippen molar-refractivity contribution in [1.29, 1.82) is 0 Å². The van der Waals surface area contributed by atoms with E-state index in [4.69, 9.17) is 4.52 Å². The van der Waals surface area contributed by atoms with Crippen LogP contribution in [0, 0.1) is 0 Å². The Kier molecular flexibility index (Phi) is 5.98. The fourth-order valence-corrected chi connectivity index (χ4v) is 4.18. The van der Waals surface area contributed by atoms with E-state index >= 15 is 0 Å². The van der Waals surface area contributed by atoms with Crippen molar-refractivity contribution in [2.75, 3.05) is 18.4 Å². The van der Waals surface area contributed by atoms with Gasteiger partial charge in [0.15, 0.2) is 11.5 Å². The number of carbonyl (C=O) groups is 1. The maximum atomic E-state index is 12.6. The summed E-state index contributed by atoms with van der Waals surface area (Å²) in [6, 6.07) is 10.2. The van der Waals surface area contributed by atoms with Crippen molar-refractivity contribution in [3.05, 3.63) is 53.8 Å². The number of nitrogens with zero attached hydrogens (tertiary/aromatic N) is 4. The van der Waals surface area contributed by atoms with Crippen LogP contribution < -0.4 is 16.0 Å². The number of amides is 1. The Balaban J connectivity index is 1.33. The lowest BCUT2D eigenvalue weighted by Crippen LogP contribution is -2.27. The van der Waals surface area contributed by atoms with Crippen LogP contribution in [0.5, 0.6) is 0 Å². The van der Waals surface area contributed by atoms with Gasteiger partial charge < -0.3 is 20.5 Å². The normalized spacial score (nSPS) is 17.0. The van der Waals surface area contributed by atoms with Crippen molar-refractivity contribution >= 4 is 22.8 Å². The molecular formula is C25H30N8O2. The van der Waals surface area contributed by atoms with E-state index in [1.165, 1.54) is 0 Å². The third-order valence-corrected chi connectivity index (χ3v) is 6.20. The Morgan fingerprint density at radius 1 is 1.20 bits per heavy atom. The van der Waals surface area contributed by atoms with Gasteiger partial charge in [0.05, 0.1) is 11.4 Å². The van der Waals surface area contributed by atoms with Crippen LogP contribution in [0.2, 0.25) is 0 Å². The van der Waals surface area contributed by atoms with E-state index in [1.807, 2.05) is 58.0 Å². The van der Waals surface area contributed by atoms with E-state index in [9.17, 15) is 4.79 Å². The number of H-pyrrole nitrogens is 1. The standard InChI is InChI=1S/C25H30N8O2/c1-14(28-23(34)22-30-24(35-33-22)25(2,3)4)15-5-7-16(8-6-15)18-10-12-27-20-19(18)21(32-31-20)29-17-9-11-26-13-17/h5-8,10,12,14,17,26H,9,11,13H2,1-4H3,(H,28,34)(H2,27,29,31,32)/t14?,17-/m1/s1. The number of benzene rings is 1. The van der Waals surface area contributed by atoms with Crippen molar-refractivity contribution < 1.29 is 9.32 Å². The molecule has 10 nitrogen and oxygen atoms in total. The highest BCUT2D eigenvalue weighted by Crippen LogP contribution is 2.32. The smallest absolute Gasteiger partial charge is 0.293 e. The number of hydrogen-bond acceptors (Lipinski definition) is 8. The van der Waals surface area contributed by atoms with Gasteiger partial charge in [-0.3, -0.25) is 9.89 Å². The van der Waals surface area contributed by atoms with Gasteiger partial charge in [-0.1, -0.05) is 50.2 Å². The minimum absolute atomic E-state index is 0.0371. The summed E-state index contributed by atoms with van der Waals surface area (Å²) in [5, 5.41) is 22.2. The average Bonchev–Trinajstić information content (AvgIpc) is 3.60. The van der Waals surface area contributed by atoms with Crippen LogP contribution in [-0.4, -0.2) is 50.4 Å². The summed E-state index contributed by atoms with van der Waals surface area (Å²) < 4.78 is 5.24. The maximum absolute atomic E-state index is 12.6. The van der Waals surface area contributed by atoms with Crippen LogP contribution in [0.4, 0.5) is 5.82 Å². The van der Waals surface area contributed by atoms with Crippen molar-refractivity contribution in [3.8, 4) is 11.1 Å². The number of fused-ring (bicyclic) bond motifs is 1. The topological polar surface area (TPSA) is 134 Å². The molecule has 1 saturated heterocycles. The number of carbonyl (C=O) groups excluding carboxylic acids is 1. The highest BCUT2D eigenvalue weighted by atomic mass is 16.5. The highest BCUT2D eigenvalue weighted by molar-refractivity contribution is 6.00. The van der Waals surface area contributed by atoms with Crippen LogP contribution in [0.3, 0.4) is 0 Å². The van der Waals surface area contributed by atoms with Gasteiger partial charge in [0.25, 0.3) is 11.7 Å². The van der Waals surface area contributed by atoms with E-state index in [0.717, 1.165) is 53.1 Å². The molecule has 1 unspecified atom stereocenters. The molecule has 0 spiro atoms. The van der Waals surface area contributed by atoms with Crippen molar-refractivity contribution in [1.82, 2.24) is 36.0 Å². The largest absolute Gasteiger partial charge is 0.364 e. The second kappa shape index (κ2) is 9.10. The SMILES string of the molecule is CC(NC(=O)c1noc(C(C)(C)C)n1)c1ccc(-c2ccnc3[nH]nc(N[C@@H]4CCNC4)c23)cc1. The lowest BCUT2D eigenvalue weighted by molar-refractivity contribution is 0.0926. The average molecular weight is 475 g/mol. The van der Waals surface area contributed by atoms with Gasteiger partial charge in [0, 0.05) is 24.2 Å². The Bertz CT molecular complexity index is 1330. The number of aromatic nitrogens is 5. The molecule has 10 heteroatoms. The quantitative estimate of drug-likeness (QED) is 0.333. The van der Waals surface area contributed by atoms with Crippen molar-refractivity contribution in [2.45, 2.75) is 51.6 Å². The molecule has 1 aromatic carbocycles. The fraction of sp³-hybridized carbons (Fsp3) is 0.400. The Morgan fingerprint density at radius 2 is 2.00 bits per heavy atom. The first-order valence-electron chi connectivity index (χ1n) is 11.9. The van der Waals surface area contributed by atoms with E-state index in [-0.39, 0.29) is 23.2 Å². The Labute approximate surface area is 203 Å². The van der Waals surface area contributed by atoms with Crippen LogP contribution in [0.25, 0.3) is 22.2 Å². The summed E-state index contributed by atoms with van der Waals surface area (Å²) in [6.45, 7) is 9.72. The maximum Gasteiger partial charge on any atom is 0.293 e. The van der Waals surface area contributed by atoms with Gasteiger partial charge in [0.2, 0.25) is 5.89 Å². The summed E-state index contributed by atoms with van der Waals surface area (Å²) in [7, 11) is 0. The van der Waals surface area contributed by atoms with E-state index in [0.29, 0.717) is 11.9 Å². The molecule has 182 valence electrons. The van der Waals surface area contributed by atoms with Crippen molar-refractivity contribution in [2.24, 2.45) is 0 Å². The molecule has 1 aliphatic heterocycles. The first kappa shape index (κ1) is 23.0. The summed E-state index contributed by atoms with van der Waals surface area (Å²) in [6.07, 6.45) is 2.84. The Morgan fingerprint density at radius 3 is 2.69 bits per heavy atom. The zero-order valence-electron chi connectivity index (χ0n) is 20.3. The molecule has 2 atom stereocenters. The second-order valence-electron chi connectivity index (χ2n) is 9.98. The molecule has 0 aliphatic carbocycles. The van der Waals surface area contributed by atoms with Gasteiger partial charge in [-0.05, 0) is 42.6 Å². The monoisotopic (exact) mass is 474 g/mol. The third kappa shape index (κ3) is 4.74. The number of rotatable bonds is 6. The minimum Gasteiger partial charge on any atom is -0.364 e. The van der Waals surface area contributed by atoms with Gasteiger partial charge in [0.1, 0.15) is 0 Å². The lowest BCUT2D eigenvalue weighted by atomic mass is 9.97. The molecule has 0 bridgehead atoms. The highest BCUT2D eigenvalue weighted by Gasteiger charge is 2.25. The first-order valence-corrected chi connectivity index (χ1v) is 11.9. The zero-order valence-corrected chi connectivity index (χ0v) is 20.3. The molecule has 4 N–H and O–H groups in total. The van der Waals surface area contributed by atoms with Gasteiger partial charge in [-0.2, -0.15) is 10.1 Å². The fourth-order valence-electron chi connectivity index (χ4n) is 4.18. The van der Waals surface area contributed by atoms with Crippen LogP contribution >= 0.6 is 0 Å². The summed E-state index contributed by atoms with van der Waals surface area (Å²) in [5.41, 5.74) is 3.48. The molecule has 5 rings (SSSR count). The summed E-state index contributed by atoms with van der Waals surface area (Å²) in [4.78, 5) is 21.3. The molecule has 35 heavy (non-hydrogen) atoms. The number of anilines is 1. The molecule has 1 fully saturated rings. The molecule has 1 amide bonds. The molecule has 4 heterocycles. The molecule has 0 saturated carbocycles. The summed E-state index contributed by atoms with van der Waals surface area (Å²) in [5.74, 6) is 0.916. The number of hydrogen-bond donors (Lipinski definition) is 4. The number of pyridine rings is 1. The van der Waals surface area contributed by atoms with E-state index in [1.54, 1.807) is 6.20 Å². The van der Waals surface area contributed by atoms with Gasteiger partial charge in [-0.25, -0.2) is 4.98 Å². The predicted octanol–water partition coefficient (Wildman–Crippen LogP) is 3.57. The van der Waals surface area contributed by atoms with Gasteiger partial charge >= 0.3 is 0 Å². The first-order chi connectivity index (χ1) is 16.8. The van der Waals surface area contributed by atoms with Crippen LogP contribution in [-0.2, 0) is 5.41 Å². The zero-order chi connectivity index (χ0) is 24.6. The molecular weight excluding hydrogens is 444 g/mol. The predicted molar refractivity (Wildman–Crippen MR) is 133 cm³/mol. The summed E-state index contributed by atoms with van der Waals surface area (Å²) >= 11 is 0. The van der Waals surface area contributed by atoms with Gasteiger partial charge in [-0.15, -0.1) is 0 Å². The number of aromatic amines is 1. The molecule has 3 aromatic heterocycles. The molecule has 4 aromatic rings.